The third-order valence-electron chi connectivity index (χ3n) is 3.45. The zero-order valence-corrected chi connectivity index (χ0v) is 11.2. The molecule has 0 aliphatic carbocycles. The third kappa shape index (κ3) is 2.00. The lowest BCUT2D eigenvalue weighted by molar-refractivity contribution is -0.120. The highest BCUT2D eigenvalue weighted by atomic mass is 16.4. The Labute approximate surface area is 118 Å². The highest BCUT2D eigenvalue weighted by Gasteiger charge is 2.27. The number of aromatic nitrogens is 2. The summed E-state index contributed by atoms with van der Waals surface area (Å²) in [6, 6.07) is 2.48. The molecule has 0 unspecified atom stereocenters. The van der Waals surface area contributed by atoms with Crippen LogP contribution in [0.25, 0.3) is 10.9 Å². The maximum Gasteiger partial charge on any atom is 0.336 e. The number of carboxylic acid groups (broad SMARTS) is 1. The van der Waals surface area contributed by atoms with E-state index in [-0.39, 0.29) is 24.4 Å². The number of benzene rings is 1. The Balaban J connectivity index is 2.18. The van der Waals surface area contributed by atoms with Gasteiger partial charge in [-0.2, -0.15) is 5.10 Å². The van der Waals surface area contributed by atoms with Crippen LogP contribution in [-0.2, 0) is 11.8 Å². The van der Waals surface area contributed by atoms with Gasteiger partial charge in [-0.25, -0.2) is 9.59 Å². The summed E-state index contributed by atoms with van der Waals surface area (Å²) in [6.45, 7) is 0.247. The van der Waals surface area contributed by atoms with Crippen LogP contribution in [0.2, 0.25) is 0 Å². The largest absolute Gasteiger partial charge is 0.478 e. The van der Waals surface area contributed by atoms with Crippen molar-refractivity contribution in [2.24, 2.45) is 7.05 Å². The van der Waals surface area contributed by atoms with Gasteiger partial charge in [0.15, 0.2) is 0 Å². The number of carbonyl (C=O) groups excluding carboxylic acids is 2. The van der Waals surface area contributed by atoms with Crippen LogP contribution in [0.4, 0.5) is 10.5 Å². The van der Waals surface area contributed by atoms with E-state index in [1.807, 2.05) is 0 Å². The van der Waals surface area contributed by atoms with Gasteiger partial charge in [0.1, 0.15) is 0 Å². The second-order valence-corrected chi connectivity index (χ2v) is 4.72. The predicted octanol–water partition coefficient (Wildman–Crippen LogP) is 0.718. The second-order valence-electron chi connectivity index (χ2n) is 4.72. The number of rotatable bonds is 2. The molecule has 0 atom stereocenters. The zero-order valence-electron chi connectivity index (χ0n) is 11.2. The number of nitrogens with zero attached hydrogens (tertiary/aromatic N) is 3. The molecule has 1 aromatic carbocycles. The number of carbonyl (C=O) groups is 3. The van der Waals surface area contributed by atoms with Gasteiger partial charge in [-0.15, -0.1) is 0 Å². The molecule has 1 aromatic heterocycles. The summed E-state index contributed by atoms with van der Waals surface area (Å²) in [7, 11) is 1.67. The fourth-order valence-electron chi connectivity index (χ4n) is 2.47. The lowest BCUT2D eigenvalue weighted by Crippen LogP contribution is -2.49. The van der Waals surface area contributed by atoms with Crippen molar-refractivity contribution in [3.05, 3.63) is 23.9 Å². The van der Waals surface area contributed by atoms with Crippen molar-refractivity contribution in [1.29, 1.82) is 0 Å². The van der Waals surface area contributed by atoms with Crippen LogP contribution in [0.15, 0.2) is 18.3 Å². The number of hydrogen-bond acceptors (Lipinski definition) is 4. The Morgan fingerprint density at radius 2 is 2.14 bits per heavy atom. The normalized spacial score (nSPS) is 15.4. The van der Waals surface area contributed by atoms with Crippen LogP contribution in [0.3, 0.4) is 0 Å². The van der Waals surface area contributed by atoms with E-state index in [4.69, 9.17) is 0 Å². The highest BCUT2D eigenvalue weighted by molar-refractivity contribution is 6.12. The number of amides is 3. The molecule has 1 fully saturated rings. The quantitative estimate of drug-likeness (QED) is 0.847. The summed E-state index contributed by atoms with van der Waals surface area (Å²) in [6.07, 6.45) is 1.65. The minimum Gasteiger partial charge on any atom is -0.478 e. The monoisotopic (exact) mass is 288 g/mol. The molecule has 0 bridgehead atoms. The van der Waals surface area contributed by atoms with Crippen LogP contribution in [0, 0.1) is 0 Å². The minimum absolute atomic E-state index is 0.121. The molecule has 0 saturated carbocycles. The molecule has 8 heteroatoms. The average Bonchev–Trinajstić information content (AvgIpc) is 2.81. The molecule has 21 heavy (non-hydrogen) atoms. The Kier molecular flexibility index (Phi) is 2.86. The van der Waals surface area contributed by atoms with Crippen molar-refractivity contribution in [1.82, 2.24) is 15.1 Å². The molecule has 2 heterocycles. The SMILES string of the molecule is Cn1ncc2c(C(=O)O)ccc(N3CCC(=O)NC3=O)c21. The number of hydrogen-bond donors (Lipinski definition) is 2. The average molecular weight is 288 g/mol. The maximum atomic E-state index is 11.9. The van der Waals surface area contributed by atoms with Gasteiger partial charge in [-0.1, -0.05) is 0 Å². The Morgan fingerprint density at radius 1 is 1.38 bits per heavy atom. The summed E-state index contributed by atoms with van der Waals surface area (Å²) in [5.74, 6) is -1.38. The van der Waals surface area contributed by atoms with Crippen LogP contribution < -0.4 is 10.2 Å². The van der Waals surface area contributed by atoms with Gasteiger partial charge in [0, 0.05) is 25.4 Å². The molecule has 2 N–H and O–H groups in total. The first-order valence-corrected chi connectivity index (χ1v) is 6.28. The fourth-order valence-corrected chi connectivity index (χ4v) is 2.47. The molecule has 0 spiro atoms. The standard InChI is InChI=1S/C13H12N4O4/c1-16-11-8(6-14-16)7(12(19)20)2-3-9(11)17-5-4-10(18)15-13(17)21/h2-3,6H,4-5H2,1H3,(H,19,20)(H,15,18,21). The predicted molar refractivity (Wildman–Crippen MR) is 73.2 cm³/mol. The van der Waals surface area contributed by atoms with Gasteiger partial charge >= 0.3 is 12.0 Å². The first-order chi connectivity index (χ1) is 9.99. The molecule has 1 aliphatic rings. The summed E-state index contributed by atoms with van der Waals surface area (Å²) in [5.41, 5.74) is 1.19. The molecule has 3 amide bonds. The molecule has 1 saturated heterocycles. The Morgan fingerprint density at radius 3 is 2.81 bits per heavy atom. The lowest BCUT2D eigenvalue weighted by atomic mass is 10.1. The van der Waals surface area contributed by atoms with E-state index < -0.39 is 12.0 Å². The van der Waals surface area contributed by atoms with E-state index in [0.29, 0.717) is 16.6 Å². The van der Waals surface area contributed by atoms with E-state index in [0.717, 1.165) is 0 Å². The molecule has 3 rings (SSSR count). The first kappa shape index (κ1) is 13.1. The number of fused-ring (bicyclic) bond motifs is 1. The number of nitrogens with one attached hydrogen (secondary N) is 1. The summed E-state index contributed by atoms with van der Waals surface area (Å²) >= 11 is 0. The molecule has 2 aromatic rings. The van der Waals surface area contributed by atoms with Gasteiger partial charge < -0.3 is 5.11 Å². The lowest BCUT2D eigenvalue weighted by Gasteiger charge is -2.27. The molecule has 1 aliphatic heterocycles. The van der Waals surface area contributed by atoms with E-state index in [1.54, 1.807) is 13.1 Å². The van der Waals surface area contributed by atoms with E-state index in [2.05, 4.69) is 10.4 Å². The van der Waals surface area contributed by atoms with E-state index in [9.17, 15) is 19.5 Å². The van der Waals surface area contributed by atoms with Crippen molar-refractivity contribution in [2.45, 2.75) is 6.42 Å². The number of anilines is 1. The maximum absolute atomic E-state index is 11.9. The molecule has 108 valence electrons. The summed E-state index contributed by atoms with van der Waals surface area (Å²) < 4.78 is 1.51. The van der Waals surface area contributed by atoms with Crippen molar-refractivity contribution in [3.8, 4) is 0 Å². The summed E-state index contributed by atoms with van der Waals surface area (Å²) in [5, 5.41) is 16.0. The molecular weight excluding hydrogens is 276 g/mol. The minimum atomic E-state index is -1.06. The van der Waals surface area contributed by atoms with Gasteiger partial charge in [-0.3, -0.25) is 19.7 Å². The molecular formula is C13H12N4O4. The number of aryl methyl sites for hydroxylation is 1. The van der Waals surface area contributed by atoms with Gasteiger partial charge in [0.2, 0.25) is 5.91 Å². The number of aromatic carboxylic acids is 1. The zero-order chi connectivity index (χ0) is 15.1. The van der Waals surface area contributed by atoms with Crippen LogP contribution in [0.1, 0.15) is 16.8 Å². The van der Waals surface area contributed by atoms with Crippen molar-refractivity contribution in [3.63, 3.8) is 0 Å². The van der Waals surface area contributed by atoms with Crippen molar-refractivity contribution >= 4 is 34.5 Å². The van der Waals surface area contributed by atoms with E-state index >= 15 is 0 Å². The van der Waals surface area contributed by atoms with Crippen LogP contribution >= 0.6 is 0 Å². The van der Waals surface area contributed by atoms with Crippen LogP contribution in [-0.4, -0.2) is 39.3 Å². The Bertz CT molecular complexity index is 780. The van der Waals surface area contributed by atoms with Crippen molar-refractivity contribution in [2.75, 3.05) is 11.4 Å². The van der Waals surface area contributed by atoms with E-state index in [1.165, 1.54) is 21.8 Å². The number of urea groups is 1. The van der Waals surface area contributed by atoms with Gasteiger partial charge in [0.05, 0.1) is 23.0 Å². The molecule has 0 radical (unpaired) electrons. The van der Waals surface area contributed by atoms with Gasteiger partial charge in [0.25, 0.3) is 0 Å². The highest BCUT2D eigenvalue weighted by Crippen LogP contribution is 2.30. The first-order valence-electron chi connectivity index (χ1n) is 6.28. The fraction of sp³-hybridized carbons (Fsp3) is 0.231. The number of carboxylic acids is 1. The van der Waals surface area contributed by atoms with Crippen molar-refractivity contribution < 1.29 is 19.5 Å². The van der Waals surface area contributed by atoms with Gasteiger partial charge in [-0.05, 0) is 12.1 Å². The molecule has 8 nitrogen and oxygen atoms in total. The smallest absolute Gasteiger partial charge is 0.336 e. The summed E-state index contributed by atoms with van der Waals surface area (Å²) in [4.78, 5) is 35.8. The van der Waals surface area contributed by atoms with Crippen LogP contribution in [0.5, 0.6) is 0 Å². The third-order valence-corrected chi connectivity index (χ3v) is 3.45. The Hall–Kier alpha value is -2.90. The topological polar surface area (TPSA) is 105 Å². The number of imide groups is 1. The second kappa shape index (κ2) is 4.58.